The Kier molecular flexibility index (Phi) is 5.22. The van der Waals surface area contributed by atoms with E-state index in [1.165, 1.54) is 11.3 Å². The number of amides is 1. The lowest BCUT2D eigenvalue weighted by atomic mass is 10.2. The molecule has 23 heavy (non-hydrogen) atoms. The van der Waals surface area contributed by atoms with E-state index in [0.29, 0.717) is 37.9 Å². The number of carbonyl (C=O) groups is 1. The summed E-state index contributed by atoms with van der Waals surface area (Å²) in [6.45, 7) is 3.02. The van der Waals surface area contributed by atoms with Gasteiger partial charge in [0.1, 0.15) is 0 Å². The Morgan fingerprint density at radius 2 is 2.35 bits per heavy atom. The minimum atomic E-state index is -0.0306. The van der Waals surface area contributed by atoms with Crippen LogP contribution in [-0.4, -0.2) is 78.3 Å². The zero-order valence-corrected chi connectivity index (χ0v) is 14.0. The zero-order valence-electron chi connectivity index (χ0n) is 13.1. The third-order valence-corrected chi connectivity index (χ3v) is 4.99. The summed E-state index contributed by atoms with van der Waals surface area (Å²) in [4.78, 5) is 21.2. The molecule has 6 nitrogen and oxygen atoms in total. The summed E-state index contributed by atoms with van der Waals surface area (Å²) in [7, 11) is 1.94. The van der Waals surface area contributed by atoms with E-state index in [0.717, 1.165) is 10.2 Å². The Balaban J connectivity index is 1.77. The van der Waals surface area contributed by atoms with Gasteiger partial charge in [0, 0.05) is 19.6 Å². The summed E-state index contributed by atoms with van der Waals surface area (Å²) in [5, 5.41) is 9.57. The lowest BCUT2D eigenvalue weighted by molar-refractivity contribution is -0.0109. The van der Waals surface area contributed by atoms with E-state index >= 15 is 0 Å². The van der Waals surface area contributed by atoms with E-state index in [4.69, 9.17) is 9.84 Å². The van der Waals surface area contributed by atoms with Crippen molar-refractivity contribution in [2.24, 2.45) is 0 Å². The fraction of sp³-hybridized carbons (Fsp3) is 0.500. The number of likely N-dealkylation sites (N-methyl/N-ethyl adjacent to an activating group) is 1. The molecule has 7 heteroatoms. The van der Waals surface area contributed by atoms with Crippen molar-refractivity contribution in [2.75, 3.05) is 46.5 Å². The molecule has 1 aromatic heterocycles. The molecule has 0 bridgehead atoms. The molecule has 1 unspecified atom stereocenters. The van der Waals surface area contributed by atoms with Gasteiger partial charge < -0.3 is 19.6 Å². The molecule has 1 aliphatic rings. The van der Waals surface area contributed by atoms with Crippen LogP contribution in [0.3, 0.4) is 0 Å². The fourth-order valence-corrected chi connectivity index (χ4v) is 3.70. The highest BCUT2D eigenvalue weighted by molar-refractivity contribution is 7.20. The van der Waals surface area contributed by atoms with Gasteiger partial charge >= 0.3 is 0 Å². The number of morpholine rings is 1. The molecule has 0 radical (unpaired) electrons. The third kappa shape index (κ3) is 3.69. The Morgan fingerprint density at radius 1 is 1.52 bits per heavy atom. The minimum absolute atomic E-state index is 0.0141. The van der Waals surface area contributed by atoms with Gasteiger partial charge in [0.15, 0.2) is 5.01 Å². The molecular formula is C16H21N3O3S. The largest absolute Gasteiger partial charge is 0.395 e. The maximum absolute atomic E-state index is 12.9. The first-order valence-corrected chi connectivity index (χ1v) is 8.54. The van der Waals surface area contributed by atoms with Gasteiger partial charge in [-0.3, -0.25) is 4.79 Å². The van der Waals surface area contributed by atoms with Gasteiger partial charge in [-0.15, -0.1) is 11.3 Å². The molecule has 0 saturated carbocycles. The molecule has 124 valence electrons. The summed E-state index contributed by atoms with van der Waals surface area (Å²) < 4.78 is 6.56. The van der Waals surface area contributed by atoms with Crippen molar-refractivity contribution in [2.45, 2.75) is 6.04 Å². The summed E-state index contributed by atoms with van der Waals surface area (Å²) >= 11 is 1.43. The van der Waals surface area contributed by atoms with E-state index in [1.807, 2.05) is 41.1 Å². The van der Waals surface area contributed by atoms with Crippen LogP contribution >= 0.6 is 11.3 Å². The molecule has 1 aromatic carbocycles. The number of para-hydroxylation sites is 1. The maximum atomic E-state index is 12.9. The van der Waals surface area contributed by atoms with E-state index in [2.05, 4.69) is 4.98 Å². The predicted octanol–water partition coefficient (Wildman–Crippen LogP) is 1.06. The second kappa shape index (κ2) is 7.35. The van der Waals surface area contributed by atoms with Gasteiger partial charge in [-0.25, -0.2) is 4.98 Å². The van der Waals surface area contributed by atoms with Crippen LogP contribution in [-0.2, 0) is 4.74 Å². The first-order chi connectivity index (χ1) is 11.2. The Bertz CT molecular complexity index is 642. The highest BCUT2D eigenvalue weighted by Crippen LogP contribution is 2.24. The number of thiazole rings is 1. The second-order valence-corrected chi connectivity index (χ2v) is 6.73. The summed E-state index contributed by atoms with van der Waals surface area (Å²) in [6, 6.07) is 7.78. The number of aliphatic hydroxyl groups is 1. The quantitative estimate of drug-likeness (QED) is 0.885. The first-order valence-electron chi connectivity index (χ1n) is 7.72. The fourth-order valence-electron chi connectivity index (χ4n) is 2.78. The number of carbonyl (C=O) groups excluding carboxylic acids is 1. The molecule has 2 aromatic rings. The van der Waals surface area contributed by atoms with Gasteiger partial charge in [0.05, 0.1) is 36.1 Å². The number of nitrogens with zero attached hydrogens (tertiary/aromatic N) is 3. The second-order valence-electron chi connectivity index (χ2n) is 5.70. The van der Waals surface area contributed by atoms with Crippen LogP contribution in [0.25, 0.3) is 10.2 Å². The van der Waals surface area contributed by atoms with Crippen molar-refractivity contribution in [1.82, 2.24) is 14.8 Å². The molecule has 1 saturated heterocycles. The number of aromatic nitrogens is 1. The van der Waals surface area contributed by atoms with E-state index in [9.17, 15) is 4.79 Å². The summed E-state index contributed by atoms with van der Waals surface area (Å²) in [5.74, 6) is -0.0306. The lowest BCUT2D eigenvalue weighted by Gasteiger charge is -2.37. The van der Waals surface area contributed by atoms with E-state index in [1.54, 1.807) is 0 Å². The van der Waals surface area contributed by atoms with Crippen LogP contribution < -0.4 is 0 Å². The smallest absolute Gasteiger partial charge is 0.283 e. The average Bonchev–Trinajstić information content (AvgIpc) is 2.99. The van der Waals surface area contributed by atoms with Gasteiger partial charge in [-0.2, -0.15) is 0 Å². The van der Waals surface area contributed by atoms with Gasteiger partial charge in [-0.05, 0) is 19.2 Å². The molecule has 3 rings (SSSR count). The molecule has 1 amide bonds. The van der Waals surface area contributed by atoms with Gasteiger partial charge in [0.25, 0.3) is 5.91 Å². The number of hydrogen-bond donors (Lipinski definition) is 1. The number of ether oxygens (including phenoxy) is 1. The lowest BCUT2D eigenvalue weighted by Crippen LogP contribution is -2.53. The molecule has 0 aliphatic carbocycles. The van der Waals surface area contributed by atoms with Crippen LogP contribution in [0.5, 0.6) is 0 Å². The Hall–Kier alpha value is -1.54. The maximum Gasteiger partial charge on any atom is 0.283 e. The SMILES string of the molecule is CN(CCO)CC1COCCN1C(=O)c1nc2ccccc2s1. The van der Waals surface area contributed by atoms with Crippen molar-refractivity contribution in [3.8, 4) is 0 Å². The van der Waals surface area contributed by atoms with Crippen LogP contribution in [0.4, 0.5) is 0 Å². The van der Waals surface area contributed by atoms with Crippen molar-refractivity contribution in [1.29, 1.82) is 0 Å². The molecule has 1 N–H and O–H groups in total. The normalized spacial score (nSPS) is 18.7. The Morgan fingerprint density at radius 3 is 3.13 bits per heavy atom. The predicted molar refractivity (Wildman–Crippen MR) is 89.8 cm³/mol. The highest BCUT2D eigenvalue weighted by Gasteiger charge is 2.30. The monoisotopic (exact) mass is 335 g/mol. The van der Waals surface area contributed by atoms with E-state index in [-0.39, 0.29) is 18.6 Å². The number of benzene rings is 1. The van der Waals surface area contributed by atoms with Crippen LogP contribution in [0.15, 0.2) is 24.3 Å². The van der Waals surface area contributed by atoms with Gasteiger partial charge in [-0.1, -0.05) is 12.1 Å². The van der Waals surface area contributed by atoms with Crippen molar-refractivity contribution < 1.29 is 14.6 Å². The molecular weight excluding hydrogens is 314 g/mol. The minimum Gasteiger partial charge on any atom is -0.395 e. The van der Waals surface area contributed by atoms with E-state index < -0.39 is 0 Å². The number of fused-ring (bicyclic) bond motifs is 1. The van der Waals surface area contributed by atoms with Crippen molar-refractivity contribution in [3.63, 3.8) is 0 Å². The molecule has 1 aliphatic heterocycles. The summed E-state index contributed by atoms with van der Waals surface area (Å²) in [6.07, 6.45) is 0. The summed E-state index contributed by atoms with van der Waals surface area (Å²) in [5.41, 5.74) is 0.864. The number of hydrogen-bond acceptors (Lipinski definition) is 6. The topological polar surface area (TPSA) is 65.9 Å². The zero-order chi connectivity index (χ0) is 16.2. The molecule has 0 spiro atoms. The van der Waals surface area contributed by atoms with Gasteiger partial charge in [0.2, 0.25) is 0 Å². The molecule has 2 heterocycles. The Labute approximate surface area is 139 Å². The number of aliphatic hydroxyl groups excluding tert-OH is 1. The molecule has 1 atom stereocenters. The number of rotatable bonds is 5. The highest BCUT2D eigenvalue weighted by atomic mass is 32.1. The van der Waals surface area contributed by atoms with Crippen LogP contribution in [0.1, 0.15) is 9.80 Å². The van der Waals surface area contributed by atoms with Crippen LogP contribution in [0.2, 0.25) is 0 Å². The molecule has 1 fully saturated rings. The average molecular weight is 335 g/mol. The standard InChI is InChI=1S/C16H21N3O3S/c1-18(6-8-20)10-12-11-22-9-7-19(12)16(21)15-17-13-4-2-3-5-14(13)23-15/h2-5,12,20H,6-11H2,1H3. The van der Waals surface area contributed by atoms with Crippen LogP contribution in [0, 0.1) is 0 Å². The van der Waals surface area contributed by atoms with Crippen molar-refractivity contribution >= 4 is 27.5 Å². The van der Waals surface area contributed by atoms with Crippen molar-refractivity contribution in [3.05, 3.63) is 29.3 Å². The first kappa shape index (κ1) is 16.3. The third-order valence-electron chi connectivity index (χ3n) is 3.97.